The maximum Gasteiger partial charge on any atom is 0.264 e. The van der Waals surface area contributed by atoms with Crippen molar-refractivity contribution in [3.63, 3.8) is 0 Å². The first-order valence-corrected chi connectivity index (χ1v) is 15.8. The number of unbranched alkanes of at least 4 members (excludes halogenated alkanes) is 5. The van der Waals surface area contributed by atoms with Gasteiger partial charge in [0, 0.05) is 36.7 Å². The van der Waals surface area contributed by atoms with Crippen LogP contribution in [-0.4, -0.2) is 31.2 Å². The van der Waals surface area contributed by atoms with Gasteiger partial charge in [-0.2, -0.15) is 0 Å². The summed E-state index contributed by atoms with van der Waals surface area (Å²) in [5.41, 5.74) is 4.38. The van der Waals surface area contributed by atoms with Crippen LogP contribution < -0.4 is 0 Å². The highest BCUT2D eigenvalue weighted by Crippen LogP contribution is 2.41. The van der Waals surface area contributed by atoms with E-state index in [-0.39, 0.29) is 24.6 Å². The van der Waals surface area contributed by atoms with Crippen LogP contribution in [0.1, 0.15) is 89.2 Å². The predicted molar refractivity (Wildman–Crippen MR) is 173 cm³/mol. The Morgan fingerprint density at radius 2 is 1.05 bits per heavy atom. The number of carbonyl (C=O) groups excluding carboxylic acids is 2. The maximum absolute atomic E-state index is 12.5. The molecular weight excluding hydrogens is 556 g/mol. The third kappa shape index (κ3) is 7.78. The third-order valence-corrected chi connectivity index (χ3v) is 7.86. The molecule has 4 aromatic rings. The van der Waals surface area contributed by atoms with Crippen molar-refractivity contribution in [2.24, 2.45) is 20.5 Å². The largest absolute Gasteiger partial charge is 0.493 e. The molecule has 2 N–H and O–H groups in total. The molecule has 0 radical (unpaired) electrons. The fraction of sp³-hybridized carbons (Fsp3) is 0.471. The van der Waals surface area contributed by atoms with Gasteiger partial charge < -0.3 is 19.3 Å². The molecule has 0 spiro atoms. The summed E-state index contributed by atoms with van der Waals surface area (Å²) < 4.78 is 3.66. The Kier molecular flexibility index (Phi) is 11.4. The third-order valence-electron chi connectivity index (χ3n) is 7.86. The predicted octanol–water partition coefficient (Wildman–Crippen LogP) is 9.49. The van der Waals surface area contributed by atoms with Gasteiger partial charge in [0.1, 0.15) is 0 Å². The molecule has 0 bridgehead atoms. The summed E-state index contributed by atoms with van der Waals surface area (Å²) >= 11 is 0. The lowest BCUT2D eigenvalue weighted by atomic mass is 10.1. The molecule has 10 heteroatoms. The molecule has 2 aromatic heterocycles. The highest BCUT2D eigenvalue weighted by atomic mass is 16.3. The van der Waals surface area contributed by atoms with Crippen molar-refractivity contribution < 1.29 is 19.8 Å². The van der Waals surface area contributed by atoms with Gasteiger partial charge in [-0.25, -0.2) is 0 Å². The van der Waals surface area contributed by atoms with Gasteiger partial charge >= 0.3 is 0 Å². The van der Waals surface area contributed by atoms with Gasteiger partial charge in [-0.3, -0.25) is 9.59 Å². The van der Waals surface area contributed by atoms with Crippen molar-refractivity contribution in [1.82, 2.24) is 9.13 Å². The fourth-order valence-corrected chi connectivity index (χ4v) is 5.43. The van der Waals surface area contributed by atoms with E-state index in [0.717, 1.165) is 71.5 Å². The number of hydrogen-bond donors (Lipinski definition) is 2. The first-order valence-electron chi connectivity index (χ1n) is 15.8. The molecule has 0 aliphatic rings. The zero-order valence-corrected chi connectivity index (χ0v) is 26.3. The SMILES string of the molecule is CCCCCn1c(O)c(N=NC(=O)CCCCC(=O)N=Nc2c(O)n(CCCCC)c3ccc(C)cc23)c2cc(C)ccc21. The van der Waals surface area contributed by atoms with Gasteiger partial charge in [-0.1, -0.05) is 62.8 Å². The van der Waals surface area contributed by atoms with Crippen LogP contribution in [0.25, 0.3) is 21.8 Å². The topological polar surface area (TPSA) is 134 Å². The van der Waals surface area contributed by atoms with E-state index < -0.39 is 11.8 Å². The van der Waals surface area contributed by atoms with E-state index in [2.05, 4.69) is 34.3 Å². The molecule has 0 fully saturated rings. The van der Waals surface area contributed by atoms with Crippen LogP contribution in [0, 0.1) is 13.8 Å². The average Bonchev–Trinajstić information content (AvgIpc) is 3.41. The number of benzene rings is 2. The number of rotatable bonds is 15. The van der Waals surface area contributed by atoms with E-state index in [1.807, 2.05) is 59.4 Å². The minimum atomic E-state index is -0.422. The van der Waals surface area contributed by atoms with Crippen molar-refractivity contribution in [2.45, 2.75) is 105 Å². The van der Waals surface area contributed by atoms with Crippen molar-refractivity contribution >= 4 is 45.0 Å². The van der Waals surface area contributed by atoms with Crippen molar-refractivity contribution in [3.8, 4) is 11.8 Å². The van der Waals surface area contributed by atoms with Crippen LogP contribution in [0.4, 0.5) is 11.4 Å². The maximum atomic E-state index is 12.5. The quantitative estimate of drug-likeness (QED) is 0.104. The number of azo groups is 2. The van der Waals surface area contributed by atoms with Gasteiger partial charge in [0.2, 0.25) is 11.8 Å². The molecule has 0 unspecified atom stereocenters. The standard InChI is InChI=1S/C34H44N6O4/c1-5-7-11-19-39-27-17-15-23(3)21-25(27)31(33(39)43)37-35-29(41)13-9-10-14-30(42)36-38-32-26-22-24(4)16-18-28(26)40(34(32)44)20-12-8-6-2/h15-18,21-22,43-44H,5-14,19-20H2,1-4H3. The summed E-state index contributed by atoms with van der Waals surface area (Å²) in [7, 11) is 0. The van der Waals surface area contributed by atoms with Crippen LogP contribution in [0.5, 0.6) is 11.8 Å². The first-order chi connectivity index (χ1) is 21.2. The van der Waals surface area contributed by atoms with Crippen LogP contribution in [0.15, 0.2) is 56.9 Å². The fourth-order valence-electron chi connectivity index (χ4n) is 5.43. The number of hydrogen-bond acceptors (Lipinski definition) is 6. The molecule has 2 heterocycles. The Bertz CT molecular complexity index is 1560. The molecule has 2 aromatic carbocycles. The number of carbonyl (C=O) groups is 2. The zero-order chi connectivity index (χ0) is 31.6. The van der Waals surface area contributed by atoms with Crippen molar-refractivity contribution in [3.05, 3.63) is 47.5 Å². The molecule has 4 rings (SSSR count). The smallest absolute Gasteiger partial charge is 0.264 e. The minimum Gasteiger partial charge on any atom is -0.493 e. The van der Waals surface area contributed by atoms with E-state index in [1.54, 1.807) is 0 Å². The van der Waals surface area contributed by atoms with E-state index in [0.29, 0.717) is 37.3 Å². The van der Waals surface area contributed by atoms with Crippen LogP contribution in [0.3, 0.4) is 0 Å². The number of aromatic hydroxyl groups is 2. The van der Waals surface area contributed by atoms with E-state index in [9.17, 15) is 19.8 Å². The zero-order valence-electron chi connectivity index (χ0n) is 26.3. The molecule has 0 atom stereocenters. The first kappa shape index (κ1) is 32.6. The van der Waals surface area contributed by atoms with Crippen LogP contribution >= 0.6 is 0 Å². The summed E-state index contributed by atoms with van der Waals surface area (Å²) in [5, 5.41) is 39.3. The van der Waals surface area contributed by atoms with Crippen molar-refractivity contribution in [1.29, 1.82) is 0 Å². The van der Waals surface area contributed by atoms with E-state index in [1.165, 1.54) is 0 Å². The summed E-state index contributed by atoms with van der Waals surface area (Å²) in [6, 6.07) is 11.8. The second-order valence-corrected chi connectivity index (χ2v) is 11.5. The molecule has 234 valence electrons. The normalized spacial score (nSPS) is 12.0. The average molecular weight is 601 g/mol. The van der Waals surface area contributed by atoms with Gasteiger partial charge in [0.15, 0.2) is 11.4 Å². The summed E-state index contributed by atoms with van der Waals surface area (Å²) in [6.07, 6.45) is 7.21. The lowest BCUT2D eigenvalue weighted by Crippen LogP contribution is -1.97. The molecule has 0 aliphatic heterocycles. The van der Waals surface area contributed by atoms with Crippen LogP contribution in [-0.2, 0) is 22.7 Å². The summed E-state index contributed by atoms with van der Waals surface area (Å²) in [6.45, 7) is 9.51. The Balaban J connectivity index is 1.34. The molecule has 10 nitrogen and oxygen atoms in total. The molecule has 0 saturated heterocycles. The molecule has 0 aliphatic carbocycles. The summed E-state index contributed by atoms with van der Waals surface area (Å²) in [4.78, 5) is 25.0. The van der Waals surface area contributed by atoms with E-state index >= 15 is 0 Å². The Hall–Kier alpha value is -4.34. The number of amides is 2. The molecule has 0 saturated carbocycles. The Morgan fingerprint density at radius 3 is 1.43 bits per heavy atom. The minimum absolute atomic E-state index is 0.0134. The second-order valence-electron chi connectivity index (χ2n) is 11.5. The van der Waals surface area contributed by atoms with E-state index in [4.69, 9.17) is 0 Å². The lowest BCUT2D eigenvalue weighted by molar-refractivity contribution is -0.120. The van der Waals surface area contributed by atoms with Crippen molar-refractivity contribution in [2.75, 3.05) is 0 Å². The lowest BCUT2D eigenvalue weighted by Gasteiger charge is -2.06. The van der Waals surface area contributed by atoms with Gasteiger partial charge in [-0.15, -0.1) is 20.5 Å². The molecule has 2 amide bonds. The molecular formula is C34H44N6O4. The Labute approximate surface area is 258 Å². The molecule has 44 heavy (non-hydrogen) atoms. The number of aryl methyl sites for hydroxylation is 4. The van der Waals surface area contributed by atoms with Crippen LogP contribution in [0.2, 0.25) is 0 Å². The highest BCUT2D eigenvalue weighted by Gasteiger charge is 2.18. The van der Waals surface area contributed by atoms with Gasteiger partial charge in [0.25, 0.3) is 11.8 Å². The number of nitrogens with zero attached hydrogens (tertiary/aromatic N) is 6. The van der Waals surface area contributed by atoms with Gasteiger partial charge in [-0.05, 0) is 63.8 Å². The summed E-state index contributed by atoms with van der Waals surface area (Å²) in [5.74, 6) is -0.817. The second kappa shape index (κ2) is 15.4. The number of aromatic nitrogens is 2. The highest BCUT2D eigenvalue weighted by molar-refractivity contribution is 5.96. The number of fused-ring (bicyclic) bond motifs is 2. The monoisotopic (exact) mass is 600 g/mol. The van der Waals surface area contributed by atoms with Gasteiger partial charge in [0.05, 0.1) is 11.0 Å². The Morgan fingerprint density at radius 1 is 0.636 bits per heavy atom.